The maximum atomic E-state index is 5.29. The van der Waals surface area contributed by atoms with Crippen molar-refractivity contribution in [2.24, 2.45) is 0 Å². The van der Waals surface area contributed by atoms with Gasteiger partial charge in [-0.3, -0.25) is 0 Å². The number of pyridine rings is 1. The lowest BCUT2D eigenvalue weighted by Gasteiger charge is -2.27. The second kappa shape index (κ2) is 4.81. The van der Waals surface area contributed by atoms with Crippen molar-refractivity contribution in [3.05, 3.63) is 16.7 Å². The Balaban J connectivity index is 2.17. The molecule has 4 nitrogen and oxygen atoms in total. The van der Waals surface area contributed by atoms with E-state index in [1.807, 2.05) is 12.1 Å². The van der Waals surface area contributed by atoms with Crippen LogP contribution in [-0.2, 0) is 4.74 Å². The SMILES string of the molecule is COc1ccc(N2CCOCC2)nc1Br. The molecule has 1 saturated heterocycles. The summed E-state index contributed by atoms with van der Waals surface area (Å²) in [5.74, 6) is 1.72. The number of methoxy groups -OCH3 is 1. The first-order valence-electron chi connectivity index (χ1n) is 4.84. The molecule has 0 unspecified atom stereocenters. The lowest BCUT2D eigenvalue weighted by atomic mass is 10.3. The highest BCUT2D eigenvalue weighted by molar-refractivity contribution is 9.10. The number of ether oxygens (including phenoxy) is 2. The van der Waals surface area contributed by atoms with Crippen LogP contribution in [0.25, 0.3) is 0 Å². The van der Waals surface area contributed by atoms with E-state index in [4.69, 9.17) is 9.47 Å². The fourth-order valence-corrected chi connectivity index (χ4v) is 2.01. The third-order valence-electron chi connectivity index (χ3n) is 2.35. The molecule has 5 heteroatoms. The zero-order valence-electron chi connectivity index (χ0n) is 8.57. The van der Waals surface area contributed by atoms with Crippen molar-refractivity contribution >= 4 is 21.7 Å². The number of aromatic nitrogens is 1. The van der Waals surface area contributed by atoms with Gasteiger partial charge in [0.05, 0.1) is 20.3 Å². The van der Waals surface area contributed by atoms with Gasteiger partial charge in [-0.2, -0.15) is 0 Å². The highest BCUT2D eigenvalue weighted by Gasteiger charge is 2.13. The molecule has 0 saturated carbocycles. The predicted molar refractivity (Wildman–Crippen MR) is 61.5 cm³/mol. The summed E-state index contributed by atoms with van der Waals surface area (Å²) in [5, 5.41) is 0. The Morgan fingerprint density at radius 1 is 1.40 bits per heavy atom. The minimum Gasteiger partial charge on any atom is -0.494 e. The third-order valence-corrected chi connectivity index (χ3v) is 2.92. The lowest BCUT2D eigenvalue weighted by molar-refractivity contribution is 0.122. The van der Waals surface area contributed by atoms with E-state index in [0.29, 0.717) is 0 Å². The summed E-state index contributed by atoms with van der Waals surface area (Å²) in [6.45, 7) is 3.33. The van der Waals surface area contributed by atoms with Crippen LogP contribution in [0.3, 0.4) is 0 Å². The van der Waals surface area contributed by atoms with Crippen molar-refractivity contribution in [3.63, 3.8) is 0 Å². The first kappa shape index (κ1) is 10.7. The van der Waals surface area contributed by atoms with Crippen LogP contribution in [-0.4, -0.2) is 38.4 Å². The Kier molecular flexibility index (Phi) is 3.43. The van der Waals surface area contributed by atoms with Crippen molar-refractivity contribution < 1.29 is 9.47 Å². The molecule has 82 valence electrons. The number of halogens is 1. The van der Waals surface area contributed by atoms with Gasteiger partial charge in [-0.25, -0.2) is 4.98 Å². The summed E-state index contributed by atoms with van der Waals surface area (Å²) in [6.07, 6.45) is 0. The Morgan fingerprint density at radius 3 is 2.73 bits per heavy atom. The standard InChI is InChI=1S/C10H13BrN2O2/c1-14-8-2-3-9(12-10(8)11)13-4-6-15-7-5-13/h2-3H,4-7H2,1H3. The largest absolute Gasteiger partial charge is 0.494 e. The van der Waals surface area contributed by atoms with Gasteiger partial charge in [0, 0.05) is 13.1 Å². The van der Waals surface area contributed by atoms with E-state index in [0.717, 1.165) is 42.5 Å². The molecule has 0 aliphatic carbocycles. The normalized spacial score (nSPS) is 16.5. The Morgan fingerprint density at radius 2 is 2.13 bits per heavy atom. The molecular weight excluding hydrogens is 260 g/mol. The van der Waals surface area contributed by atoms with Gasteiger partial charge in [0.25, 0.3) is 0 Å². The summed E-state index contributed by atoms with van der Waals surface area (Å²) in [7, 11) is 1.64. The summed E-state index contributed by atoms with van der Waals surface area (Å²) >= 11 is 3.38. The van der Waals surface area contributed by atoms with Gasteiger partial charge in [-0.05, 0) is 28.1 Å². The zero-order chi connectivity index (χ0) is 10.7. The van der Waals surface area contributed by atoms with Gasteiger partial charge in [0.1, 0.15) is 10.4 Å². The highest BCUT2D eigenvalue weighted by atomic mass is 79.9. The molecule has 2 heterocycles. The molecular formula is C10H13BrN2O2. The molecule has 1 fully saturated rings. The second-order valence-corrected chi connectivity index (χ2v) is 4.01. The molecule has 0 aromatic carbocycles. The van der Waals surface area contributed by atoms with Crippen LogP contribution < -0.4 is 9.64 Å². The van der Waals surface area contributed by atoms with Crippen LogP contribution in [0.5, 0.6) is 5.75 Å². The molecule has 2 rings (SSSR count). The smallest absolute Gasteiger partial charge is 0.151 e. The van der Waals surface area contributed by atoms with E-state index in [1.165, 1.54) is 0 Å². The molecule has 1 aromatic heterocycles. The van der Waals surface area contributed by atoms with Crippen LogP contribution in [0.2, 0.25) is 0 Å². The molecule has 0 N–H and O–H groups in total. The van der Waals surface area contributed by atoms with Gasteiger partial charge >= 0.3 is 0 Å². The topological polar surface area (TPSA) is 34.6 Å². The van der Waals surface area contributed by atoms with Crippen LogP contribution in [0.15, 0.2) is 16.7 Å². The number of morpholine rings is 1. The van der Waals surface area contributed by atoms with Crippen molar-refractivity contribution in [3.8, 4) is 5.75 Å². The molecule has 0 radical (unpaired) electrons. The van der Waals surface area contributed by atoms with E-state index < -0.39 is 0 Å². The van der Waals surface area contributed by atoms with Crippen LogP contribution in [0.4, 0.5) is 5.82 Å². The molecule has 0 spiro atoms. The number of anilines is 1. The minimum atomic E-state index is 0.744. The highest BCUT2D eigenvalue weighted by Crippen LogP contribution is 2.25. The van der Waals surface area contributed by atoms with Crippen molar-refractivity contribution in [1.29, 1.82) is 0 Å². The zero-order valence-corrected chi connectivity index (χ0v) is 10.2. The van der Waals surface area contributed by atoms with E-state index >= 15 is 0 Å². The van der Waals surface area contributed by atoms with Crippen molar-refractivity contribution in [2.45, 2.75) is 0 Å². The number of hydrogen-bond donors (Lipinski definition) is 0. The summed E-state index contributed by atoms with van der Waals surface area (Å²) in [6, 6.07) is 3.89. The van der Waals surface area contributed by atoms with E-state index in [-0.39, 0.29) is 0 Å². The monoisotopic (exact) mass is 272 g/mol. The van der Waals surface area contributed by atoms with Gasteiger partial charge in [-0.1, -0.05) is 0 Å². The molecule has 0 atom stereocenters. The maximum absolute atomic E-state index is 5.29. The Labute approximate surface area is 97.3 Å². The Bertz CT molecular complexity index is 340. The molecule has 0 bridgehead atoms. The summed E-state index contributed by atoms with van der Waals surface area (Å²) in [4.78, 5) is 6.63. The van der Waals surface area contributed by atoms with Gasteiger partial charge < -0.3 is 14.4 Å². The van der Waals surface area contributed by atoms with E-state index in [2.05, 4.69) is 25.8 Å². The average Bonchev–Trinajstić information content (AvgIpc) is 2.30. The van der Waals surface area contributed by atoms with Gasteiger partial charge in [0.2, 0.25) is 0 Å². The van der Waals surface area contributed by atoms with Crippen molar-refractivity contribution in [2.75, 3.05) is 38.3 Å². The van der Waals surface area contributed by atoms with E-state index in [1.54, 1.807) is 7.11 Å². The maximum Gasteiger partial charge on any atom is 0.151 e. The fraction of sp³-hybridized carbons (Fsp3) is 0.500. The van der Waals surface area contributed by atoms with Crippen LogP contribution in [0, 0.1) is 0 Å². The number of hydrogen-bond acceptors (Lipinski definition) is 4. The van der Waals surface area contributed by atoms with Gasteiger partial charge in [-0.15, -0.1) is 0 Å². The minimum absolute atomic E-state index is 0.744. The quantitative estimate of drug-likeness (QED) is 0.768. The van der Waals surface area contributed by atoms with E-state index in [9.17, 15) is 0 Å². The third kappa shape index (κ3) is 2.41. The first-order chi connectivity index (χ1) is 7.31. The van der Waals surface area contributed by atoms with Crippen molar-refractivity contribution in [1.82, 2.24) is 4.98 Å². The van der Waals surface area contributed by atoms with Crippen LogP contribution in [0.1, 0.15) is 0 Å². The molecule has 15 heavy (non-hydrogen) atoms. The number of nitrogens with zero attached hydrogens (tertiary/aromatic N) is 2. The average molecular weight is 273 g/mol. The molecule has 1 aromatic rings. The lowest BCUT2D eigenvalue weighted by Crippen LogP contribution is -2.36. The second-order valence-electron chi connectivity index (χ2n) is 3.26. The number of rotatable bonds is 2. The predicted octanol–water partition coefficient (Wildman–Crippen LogP) is 1.69. The van der Waals surface area contributed by atoms with Crippen LogP contribution >= 0.6 is 15.9 Å². The molecule has 1 aliphatic rings. The summed E-state index contributed by atoms with van der Waals surface area (Å²) < 4.78 is 11.2. The van der Waals surface area contributed by atoms with Gasteiger partial charge in [0.15, 0.2) is 5.75 Å². The Hall–Kier alpha value is -0.810. The molecule has 0 amide bonds. The summed E-state index contributed by atoms with van der Waals surface area (Å²) in [5.41, 5.74) is 0. The molecule has 1 aliphatic heterocycles. The fourth-order valence-electron chi connectivity index (χ4n) is 1.53. The first-order valence-corrected chi connectivity index (χ1v) is 5.64.